The van der Waals surface area contributed by atoms with Gasteiger partial charge in [0, 0.05) is 22.9 Å². The molecule has 0 aliphatic carbocycles. The van der Waals surface area contributed by atoms with Crippen LogP contribution < -0.4 is 15.7 Å². The lowest BCUT2D eigenvalue weighted by Gasteiger charge is -2.17. The number of hydrogen-bond donors (Lipinski definition) is 2. The number of nitrogens with one attached hydrogen (secondary N) is 1. The van der Waals surface area contributed by atoms with Gasteiger partial charge in [0.05, 0.1) is 0 Å². The van der Waals surface area contributed by atoms with Gasteiger partial charge < -0.3 is 19.6 Å². The van der Waals surface area contributed by atoms with E-state index in [0.29, 0.717) is 35.3 Å². The number of hydrogen-bond acceptors (Lipinski definition) is 5. The Morgan fingerprint density at radius 2 is 1.76 bits per heavy atom. The topological polar surface area (TPSA) is 106 Å². The number of aliphatic carboxylic acids is 1. The number of aryl methyl sites for hydroxylation is 2. The number of carbonyl (C=O) groups is 2. The molecule has 3 rings (SSSR count). The molecule has 0 saturated heterocycles. The quantitative estimate of drug-likeness (QED) is 0.477. The van der Waals surface area contributed by atoms with Crippen LogP contribution >= 0.6 is 0 Å². The van der Waals surface area contributed by atoms with Crippen LogP contribution in [0, 0.1) is 19.8 Å². The molecule has 2 aromatic carbocycles. The molecule has 174 valence electrons. The summed E-state index contributed by atoms with van der Waals surface area (Å²) >= 11 is 0. The Morgan fingerprint density at radius 3 is 2.39 bits per heavy atom. The third-order valence-corrected chi connectivity index (χ3v) is 5.58. The maximum absolute atomic E-state index is 12.7. The minimum absolute atomic E-state index is 0.118. The highest BCUT2D eigenvalue weighted by atomic mass is 16.5. The van der Waals surface area contributed by atoms with Crippen LogP contribution in [0.2, 0.25) is 0 Å². The van der Waals surface area contributed by atoms with Crippen molar-refractivity contribution in [1.29, 1.82) is 0 Å². The molecule has 0 unspecified atom stereocenters. The lowest BCUT2D eigenvalue weighted by Crippen LogP contribution is -2.43. The Kier molecular flexibility index (Phi) is 7.53. The van der Waals surface area contributed by atoms with Crippen molar-refractivity contribution >= 4 is 22.8 Å². The summed E-state index contributed by atoms with van der Waals surface area (Å²) in [7, 11) is 0. The zero-order valence-electron chi connectivity index (χ0n) is 19.3. The molecule has 0 bridgehead atoms. The molecule has 1 heterocycles. The predicted molar refractivity (Wildman–Crippen MR) is 126 cm³/mol. The van der Waals surface area contributed by atoms with E-state index in [1.165, 1.54) is 0 Å². The highest BCUT2D eigenvalue weighted by Crippen LogP contribution is 2.30. The van der Waals surface area contributed by atoms with Crippen molar-refractivity contribution in [3.63, 3.8) is 0 Å². The van der Waals surface area contributed by atoms with Gasteiger partial charge in [-0.05, 0) is 49.4 Å². The van der Waals surface area contributed by atoms with Crippen LogP contribution in [0.25, 0.3) is 11.0 Å². The van der Waals surface area contributed by atoms with Crippen molar-refractivity contribution in [2.45, 2.75) is 46.6 Å². The van der Waals surface area contributed by atoms with E-state index in [4.69, 9.17) is 9.15 Å². The fourth-order valence-corrected chi connectivity index (χ4v) is 3.80. The van der Waals surface area contributed by atoms with Crippen LogP contribution in [-0.2, 0) is 16.0 Å². The van der Waals surface area contributed by atoms with Gasteiger partial charge in [-0.2, -0.15) is 0 Å². The number of carboxylic acid groups (broad SMARTS) is 1. The molecule has 33 heavy (non-hydrogen) atoms. The Balaban J connectivity index is 1.79. The Hall–Kier alpha value is -3.61. The highest BCUT2D eigenvalue weighted by molar-refractivity contribution is 5.86. The van der Waals surface area contributed by atoms with Gasteiger partial charge in [0.2, 0.25) is 0 Å². The first kappa shape index (κ1) is 24.0. The largest absolute Gasteiger partial charge is 0.483 e. The first-order valence-corrected chi connectivity index (χ1v) is 10.9. The van der Waals surface area contributed by atoms with E-state index in [2.05, 4.69) is 5.32 Å². The monoisotopic (exact) mass is 451 g/mol. The van der Waals surface area contributed by atoms with E-state index >= 15 is 0 Å². The molecule has 0 spiro atoms. The standard InChI is InChI=1S/C26H29NO6/c1-15(2)12-21(25(29)30)27-23(28)14-32-22-11-10-19-16(3)20(13-18-8-6-5-7-9-18)26(31)33-24(19)17(22)4/h5-11,15,21H,12-14H2,1-4H3,(H,27,28)(H,29,30)/t21-/m1/s1. The van der Waals surface area contributed by atoms with Crippen molar-refractivity contribution < 1.29 is 23.8 Å². The van der Waals surface area contributed by atoms with Crippen LogP contribution in [0.5, 0.6) is 5.75 Å². The van der Waals surface area contributed by atoms with Crippen LogP contribution in [-0.4, -0.2) is 29.6 Å². The normalized spacial score (nSPS) is 12.0. The molecule has 7 nitrogen and oxygen atoms in total. The number of fused-ring (bicyclic) bond motifs is 1. The molecule has 1 aromatic heterocycles. The van der Waals surface area contributed by atoms with Gasteiger partial charge in [-0.15, -0.1) is 0 Å². The molecular formula is C26H29NO6. The summed E-state index contributed by atoms with van der Waals surface area (Å²) in [5.74, 6) is -1.10. The number of rotatable bonds is 9. The summed E-state index contributed by atoms with van der Waals surface area (Å²) < 4.78 is 11.3. The zero-order chi connectivity index (χ0) is 24.1. The van der Waals surface area contributed by atoms with Gasteiger partial charge in [0.15, 0.2) is 6.61 Å². The van der Waals surface area contributed by atoms with Gasteiger partial charge in [0.1, 0.15) is 17.4 Å². The molecule has 0 saturated carbocycles. The summed E-state index contributed by atoms with van der Waals surface area (Å²) in [4.78, 5) is 36.3. The summed E-state index contributed by atoms with van der Waals surface area (Å²) in [5, 5.41) is 12.6. The molecule has 1 atom stereocenters. The molecule has 1 amide bonds. The van der Waals surface area contributed by atoms with E-state index < -0.39 is 23.5 Å². The molecule has 2 N–H and O–H groups in total. The fraction of sp³-hybridized carbons (Fsp3) is 0.346. The molecular weight excluding hydrogens is 422 g/mol. The van der Waals surface area contributed by atoms with Crippen molar-refractivity contribution in [3.8, 4) is 5.75 Å². The van der Waals surface area contributed by atoms with E-state index in [1.807, 2.05) is 51.1 Å². The molecule has 0 aliphatic heterocycles. The molecule has 7 heteroatoms. The first-order valence-electron chi connectivity index (χ1n) is 10.9. The van der Waals surface area contributed by atoms with Crippen LogP contribution in [0.3, 0.4) is 0 Å². The van der Waals surface area contributed by atoms with Crippen molar-refractivity contribution in [2.24, 2.45) is 5.92 Å². The molecule has 0 fully saturated rings. The van der Waals surface area contributed by atoms with Crippen molar-refractivity contribution in [2.75, 3.05) is 6.61 Å². The third kappa shape index (κ3) is 5.80. The lowest BCUT2D eigenvalue weighted by atomic mass is 9.98. The number of carbonyl (C=O) groups excluding carboxylic acids is 1. The Bertz CT molecular complexity index is 1210. The number of carboxylic acids is 1. The maximum atomic E-state index is 12.7. The number of ether oxygens (including phenoxy) is 1. The Labute approximate surface area is 192 Å². The third-order valence-electron chi connectivity index (χ3n) is 5.58. The van der Waals surface area contributed by atoms with E-state index in [0.717, 1.165) is 16.5 Å². The van der Waals surface area contributed by atoms with Crippen molar-refractivity contribution in [1.82, 2.24) is 5.32 Å². The molecule has 3 aromatic rings. The summed E-state index contributed by atoms with van der Waals surface area (Å²) in [6.07, 6.45) is 0.801. The SMILES string of the molecule is Cc1c(Cc2ccccc2)c(=O)oc2c(C)c(OCC(=O)N[C@H](CC(C)C)C(=O)O)ccc12. The van der Waals surface area contributed by atoms with Gasteiger partial charge in [-0.25, -0.2) is 9.59 Å². The summed E-state index contributed by atoms with van der Waals surface area (Å²) in [6.45, 7) is 7.08. The fourth-order valence-electron chi connectivity index (χ4n) is 3.80. The second kappa shape index (κ2) is 10.3. The number of amides is 1. The molecule has 0 radical (unpaired) electrons. The first-order chi connectivity index (χ1) is 15.7. The summed E-state index contributed by atoms with van der Waals surface area (Å²) in [5.41, 5.74) is 3.08. The molecule has 0 aliphatic rings. The average Bonchev–Trinajstić information content (AvgIpc) is 2.76. The summed E-state index contributed by atoms with van der Waals surface area (Å²) in [6, 6.07) is 12.3. The lowest BCUT2D eigenvalue weighted by molar-refractivity contribution is -0.142. The predicted octanol–water partition coefficient (Wildman–Crippen LogP) is 3.99. The van der Waals surface area contributed by atoms with E-state index in [-0.39, 0.29) is 12.5 Å². The van der Waals surface area contributed by atoms with E-state index in [9.17, 15) is 19.5 Å². The number of benzene rings is 2. The average molecular weight is 452 g/mol. The van der Waals surface area contributed by atoms with Crippen molar-refractivity contribution in [3.05, 3.63) is 75.1 Å². The second-order valence-corrected chi connectivity index (χ2v) is 8.60. The van der Waals surface area contributed by atoms with E-state index in [1.54, 1.807) is 19.1 Å². The van der Waals surface area contributed by atoms with Crippen LogP contribution in [0.4, 0.5) is 0 Å². The highest BCUT2D eigenvalue weighted by Gasteiger charge is 2.22. The second-order valence-electron chi connectivity index (χ2n) is 8.60. The minimum atomic E-state index is -1.08. The minimum Gasteiger partial charge on any atom is -0.483 e. The Morgan fingerprint density at radius 1 is 1.06 bits per heavy atom. The van der Waals surface area contributed by atoms with Gasteiger partial charge in [-0.1, -0.05) is 44.2 Å². The maximum Gasteiger partial charge on any atom is 0.340 e. The van der Waals surface area contributed by atoms with Crippen LogP contribution in [0.1, 0.15) is 42.5 Å². The van der Waals surface area contributed by atoms with Gasteiger partial charge in [0.25, 0.3) is 5.91 Å². The van der Waals surface area contributed by atoms with Gasteiger partial charge in [-0.3, -0.25) is 4.79 Å². The zero-order valence-corrected chi connectivity index (χ0v) is 19.3. The van der Waals surface area contributed by atoms with Gasteiger partial charge >= 0.3 is 11.6 Å². The van der Waals surface area contributed by atoms with Crippen LogP contribution in [0.15, 0.2) is 51.7 Å². The smallest absolute Gasteiger partial charge is 0.340 e.